The largest absolute Gasteiger partial charge is 0.313 e. The fourth-order valence-electron chi connectivity index (χ4n) is 3.53. The Labute approximate surface area is 174 Å². The van der Waals surface area contributed by atoms with Crippen LogP contribution in [0.4, 0.5) is 10.3 Å². The lowest BCUT2D eigenvalue weighted by atomic mass is 10.1. The number of nitrogens with one attached hydrogen (secondary N) is 1. The average Bonchev–Trinajstić information content (AvgIpc) is 3.37. The summed E-state index contributed by atoms with van der Waals surface area (Å²) in [4.78, 5) is 17.0. The van der Waals surface area contributed by atoms with Gasteiger partial charge >= 0.3 is 0 Å². The van der Waals surface area contributed by atoms with Crippen LogP contribution in [0.5, 0.6) is 0 Å². The molecule has 9 heteroatoms. The monoisotopic (exact) mass is 428 g/mol. The standard InChI is InChI=1S/C21H21FN4O3S/c1-25-19(15-5-3-2-4-6-15)13-23-21(25)24-20(27)16-11-12-26(14-16)30(28,29)18-9-7-17(22)8-10-18/h2-10,13,16H,11-12,14H2,1H3,(H,23,24,27)/t16-/m1/s1. The molecule has 7 nitrogen and oxygen atoms in total. The number of anilines is 1. The molecule has 156 valence electrons. The molecule has 1 amide bonds. The van der Waals surface area contributed by atoms with Gasteiger partial charge in [0.1, 0.15) is 5.82 Å². The van der Waals surface area contributed by atoms with Crippen LogP contribution in [0, 0.1) is 11.7 Å². The normalized spacial score (nSPS) is 17.2. The molecule has 0 radical (unpaired) electrons. The Morgan fingerprint density at radius 1 is 1.13 bits per heavy atom. The summed E-state index contributed by atoms with van der Waals surface area (Å²) >= 11 is 0. The second kappa shape index (κ2) is 8.00. The quantitative estimate of drug-likeness (QED) is 0.677. The Hall–Kier alpha value is -3.04. The van der Waals surface area contributed by atoms with Crippen LogP contribution in [0.3, 0.4) is 0 Å². The zero-order chi connectivity index (χ0) is 21.3. The third-order valence-electron chi connectivity index (χ3n) is 5.27. The molecule has 0 saturated carbocycles. The summed E-state index contributed by atoms with van der Waals surface area (Å²) in [7, 11) is -1.96. The number of benzene rings is 2. The van der Waals surface area contributed by atoms with Crippen LogP contribution in [0.25, 0.3) is 11.3 Å². The number of hydrogen-bond donors (Lipinski definition) is 1. The zero-order valence-corrected chi connectivity index (χ0v) is 17.1. The first-order valence-electron chi connectivity index (χ1n) is 9.50. The molecule has 30 heavy (non-hydrogen) atoms. The second-order valence-corrected chi connectivity index (χ2v) is 9.12. The molecule has 3 aromatic rings. The average molecular weight is 428 g/mol. The van der Waals surface area contributed by atoms with Crippen LogP contribution in [0.2, 0.25) is 0 Å². The summed E-state index contributed by atoms with van der Waals surface area (Å²) in [6.07, 6.45) is 2.09. The second-order valence-electron chi connectivity index (χ2n) is 7.18. The summed E-state index contributed by atoms with van der Waals surface area (Å²) in [5.74, 6) is -0.867. The molecule has 1 aliphatic rings. The number of rotatable bonds is 5. The maximum Gasteiger partial charge on any atom is 0.243 e. The first-order chi connectivity index (χ1) is 14.4. The number of carbonyl (C=O) groups is 1. The van der Waals surface area contributed by atoms with E-state index in [0.29, 0.717) is 12.4 Å². The van der Waals surface area contributed by atoms with E-state index in [1.165, 1.54) is 16.4 Å². The third kappa shape index (κ3) is 3.86. The Kier molecular flexibility index (Phi) is 5.40. The lowest BCUT2D eigenvalue weighted by molar-refractivity contribution is -0.119. The first-order valence-corrected chi connectivity index (χ1v) is 10.9. The van der Waals surface area contributed by atoms with E-state index < -0.39 is 21.8 Å². The molecular formula is C21H21FN4O3S. The molecule has 2 aromatic carbocycles. The van der Waals surface area contributed by atoms with Gasteiger partial charge < -0.3 is 4.57 Å². The molecule has 1 N–H and O–H groups in total. The Balaban J connectivity index is 1.45. The Morgan fingerprint density at radius 2 is 1.83 bits per heavy atom. The van der Waals surface area contributed by atoms with Crippen LogP contribution in [-0.2, 0) is 21.9 Å². The number of amides is 1. The highest BCUT2D eigenvalue weighted by Gasteiger charge is 2.36. The summed E-state index contributed by atoms with van der Waals surface area (Å²) in [6.45, 7) is 0.301. The van der Waals surface area contributed by atoms with Crippen molar-refractivity contribution in [3.8, 4) is 11.3 Å². The van der Waals surface area contributed by atoms with Crippen molar-refractivity contribution in [1.82, 2.24) is 13.9 Å². The number of imidazole rings is 1. The van der Waals surface area contributed by atoms with E-state index in [9.17, 15) is 17.6 Å². The highest BCUT2D eigenvalue weighted by Crippen LogP contribution is 2.26. The molecule has 1 saturated heterocycles. The van der Waals surface area contributed by atoms with E-state index in [1.807, 2.05) is 37.4 Å². The van der Waals surface area contributed by atoms with Crippen molar-refractivity contribution in [1.29, 1.82) is 0 Å². The molecule has 1 aliphatic heterocycles. The van der Waals surface area contributed by atoms with Crippen molar-refractivity contribution >= 4 is 21.9 Å². The topological polar surface area (TPSA) is 84.3 Å². The van der Waals surface area contributed by atoms with Crippen LogP contribution in [0.15, 0.2) is 65.7 Å². The van der Waals surface area contributed by atoms with Gasteiger partial charge in [-0.25, -0.2) is 17.8 Å². The zero-order valence-electron chi connectivity index (χ0n) is 16.3. The van der Waals surface area contributed by atoms with Crippen molar-refractivity contribution in [3.05, 3.63) is 66.6 Å². The predicted octanol–water partition coefficient (Wildman–Crippen LogP) is 2.88. The van der Waals surface area contributed by atoms with Gasteiger partial charge in [0, 0.05) is 20.1 Å². The maximum absolute atomic E-state index is 13.1. The smallest absolute Gasteiger partial charge is 0.243 e. The fourth-order valence-corrected chi connectivity index (χ4v) is 5.03. The number of halogens is 1. The minimum absolute atomic E-state index is 0.0153. The van der Waals surface area contributed by atoms with Gasteiger partial charge in [-0.3, -0.25) is 10.1 Å². The van der Waals surface area contributed by atoms with E-state index in [-0.39, 0.29) is 23.9 Å². The number of nitrogens with zero attached hydrogens (tertiary/aromatic N) is 3. The number of aromatic nitrogens is 2. The van der Waals surface area contributed by atoms with Gasteiger partial charge in [0.25, 0.3) is 0 Å². The number of carbonyl (C=O) groups excluding carboxylic acids is 1. The first kappa shape index (κ1) is 20.2. The van der Waals surface area contributed by atoms with Gasteiger partial charge in [-0.15, -0.1) is 0 Å². The van der Waals surface area contributed by atoms with Gasteiger partial charge in [-0.2, -0.15) is 4.31 Å². The number of sulfonamides is 1. The highest BCUT2D eigenvalue weighted by molar-refractivity contribution is 7.89. The van der Waals surface area contributed by atoms with Gasteiger partial charge in [0.15, 0.2) is 0 Å². The van der Waals surface area contributed by atoms with E-state index in [2.05, 4.69) is 10.3 Å². The Bertz CT molecular complexity index is 1160. The van der Waals surface area contributed by atoms with E-state index in [1.54, 1.807) is 10.8 Å². The summed E-state index contributed by atoms with van der Waals surface area (Å²) in [6, 6.07) is 14.4. The summed E-state index contributed by atoms with van der Waals surface area (Å²) < 4.78 is 41.6. The maximum atomic E-state index is 13.1. The highest BCUT2D eigenvalue weighted by atomic mass is 32.2. The van der Waals surface area contributed by atoms with Gasteiger partial charge in [-0.05, 0) is 36.2 Å². The van der Waals surface area contributed by atoms with Crippen molar-refractivity contribution in [2.45, 2.75) is 11.3 Å². The number of hydrogen-bond acceptors (Lipinski definition) is 4. The van der Waals surface area contributed by atoms with Gasteiger partial charge in [0.2, 0.25) is 21.9 Å². The van der Waals surface area contributed by atoms with Crippen molar-refractivity contribution in [2.75, 3.05) is 18.4 Å². The van der Waals surface area contributed by atoms with Gasteiger partial charge in [0.05, 0.1) is 22.7 Å². The molecule has 1 aromatic heterocycles. The van der Waals surface area contributed by atoms with Crippen LogP contribution >= 0.6 is 0 Å². The van der Waals surface area contributed by atoms with Crippen LogP contribution in [-0.4, -0.2) is 41.3 Å². The minimum atomic E-state index is -3.77. The molecule has 1 atom stereocenters. The molecule has 0 aliphatic carbocycles. The molecule has 0 bridgehead atoms. The van der Waals surface area contributed by atoms with E-state index >= 15 is 0 Å². The van der Waals surface area contributed by atoms with Gasteiger partial charge in [-0.1, -0.05) is 30.3 Å². The van der Waals surface area contributed by atoms with Crippen molar-refractivity contribution in [2.24, 2.45) is 13.0 Å². The summed E-state index contributed by atoms with van der Waals surface area (Å²) in [5.41, 5.74) is 1.84. The van der Waals surface area contributed by atoms with E-state index in [0.717, 1.165) is 23.4 Å². The SMILES string of the molecule is Cn1c(-c2ccccc2)cnc1NC(=O)[C@@H]1CCN(S(=O)(=O)c2ccc(F)cc2)C1. The third-order valence-corrected chi connectivity index (χ3v) is 7.15. The molecular weight excluding hydrogens is 407 g/mol. The Morgan fingerprint density at radius 3 is 2.53 bits per heavy atom. The lowest BCUT2D eigenvalue weighted by Gasteiger charge is -2.16. The van der Waals surface area contributed by atoms with E-state index in [4.69, 9.17) is 0 Å². The molecule has 0 unspecified atom stereocenters. The molecule has 2 heterocycles. The van der Waals surface area contributed by atoms with Crippen molar-refractivity contribution in [3.63, 3.8) is 0 Å². The van der Waals surface area contributed by atoms with Crippen molar-refractivity contribution < 1.29 is 17.6 Å². The molecule has 0 spiro atoms. The van der Waals surface area contributed by atoms with Crippen LogP contribution in [0.1, 0.15) is 6.42 Å². The molecule has 4 rings (SSSR count). The minimum Gasteiger partial charge on any atom is -0.313 e. The predicted molar refractivity (Wildman–Crippen MR) is 111 cm³/mol. The van der Waals surface area contributed by atoms with Crippen LogP contribution < -0.4 is 5.32 Å². The molecule has 1 fully saturated rings. The summed E-state index contributed by atoms with van der Waals surface area (Å²) in [5, 5.41) is 2.80. The fraction of sp³-hybridized carbons (Fsp3) is 0.238. The lowest BCUT2D eigenvalue weighted by Crippen LogP contribution is -2.32.